The minimum atomic E-state index is -0.517. The SMILES string of the molecule is O=C(Nc1ccc(F)c(Cl)c1)c1cc(-c2ccccc2)c(N2CCOCC2)s1. The fourth-order valence-corrected chi connectivity index (χ4v) is 4.39. The average Bonchev–Trinajstić information content (AvgIpc) is 3.18. The summed E-state index contributed by atoms with van der Waals surface area (Å²) in [6.45, 7) is 2.91. The van der Waals surface area contributed by atoms with Gasteiger partial charge in [0.1, 0.15) is 5.82 Å². The number of benzene rings is 2. The lowest BCUT2D eigenvalue weighted by Crippen LogP contribution is -2.35. The number of hydrogen-bond donors (Lipinski definition) is 1. The molecule has 1 aromatic heterocycles. The van der Waals surface area contributed by atoms with Crippen LogP contribution in [0.2, 0.25) is 5.02 Å². The number of carbonyl (C=O) groups is 1. The van der Waals surface area contributed by atoms with Gasteiger partial charge in [-0.3, -0.25) is 4.79 Å². The zero-order valence-electron chi connectivity index (χ0n) is 15.0. The second-order valence-corrected chi connectivity index (χ2v) is 7.82. The van der Waals surface area contributed by atoms with E-state index < -0.39 is 5.82 Å². The van der Waals surface area contributed by atoms with Crippen molar-refractivity contribution in [1.29, 1.82) is 0 Å². The zero-order chi connectivity index (χ0) is 19.5. The molecule has 2 aromatic carbocycles. The van der Waals surface area contributed by atoms with Crippen LogP contribution in [0.1, 0.15) is 9.67 Å². The van der Waals surface area contributed by atoms with Crippen molar-refractivity contribution in [2.45, 2.75) is 0 Å². The van der Waals surface area contributed by atoms with Crippen LogP contribution in [0.4, 0.5) is 15.1 Å². The first-order valence-electron chi connectivity index (χ1n) is 8.90. The average molecular weight is 417 g/mol. The molecule has 0 saturated carbocycles. The summed E-state index contributed by atoms with van der Waals surface area (Å²) < 4.78 is 18.8. The molecule has 0 aliphatic carbocycles. The summed E-state index contributed by atoms with van der Waals surface area (Å²) in [5.41, 5.74) is 2.54. The van der Waals surface area contributed by atoms with E-state index in [0.717, 1.165) is 29.2 Å². The van der Waals surface area contributed by atoms with Gasteiger partial charge >= 0.3 is 0 Å². The van der Waals surface area contributed by atoms with Crippen LogP contribution >= 0.6 is 22.9 Å². The molecule has 4 nitrogen and oxygen atoms in total. The highest BCUT2D eigenvalue weighted by Gasteiger charge is 2.22. The molecule has 0 atom stereocenters. The van der Waals surface area contributed by atoms with E-state index in [1.165, 1.54) is 29.5 Å². The monoisotopic (exact) mass is 416 g/mol. The standard InChI is InChI=1S/C21H18ClFN2O2S/c22-17-12-15(6-7-18(17)23)24-20(26)19-13-16(14-4-2-1-3-5-14)21(28-19)25-8-10-27-11-9-25/h1-7,12-13H,8-11H2,(H,24,26). The molecule has 1 saturated heterocycles. The quantitative estimate of drug-likeness (QED) is 0.627. The molecule has 7 heteroatoms. The number of hydrogen-bond acceptors (Lipinski definition) is 4. The van der Waals surface area contributed by atoms with Crippen molar-refractivity contribution in [3.8, 4) is 11.1 Å². The smallest absolute Gasteiger partial charge is 0.265 e. The van der Waals surface area contributed by atoms with Crippen LogP contribution in [0, 0.1) is 5.82 Å². The molecule has 1 aliphatic rings. The maximum Gasteiger partial charge on any atom is 0.265 e. The van der Waals surface area contributed by atoms with E-state index in [1.54, 1.807) is 0 Å². The van der Waals surface area contributed by atoms with Crippen molar-refractivity contribution >= 4 is 39.5 Å². The third-order valence-electron chi connectivity index (χ3n) is 4.50. The Morgan fingerprint density at radius 1 is 1.11 bits per heavy atom. The minimum Gasteiger partial charge on any atom is -0.378 e. The van der Waals surface area contributed by atoms with Crippen LogP contribution in [0.15, 0.2) is 54.6 Å². The van der Waals surface area contributed by atoms with Crippen molar-refractivity contribution in [2.75, 3.05) is 36.5 Å². The van der Waals surface area contributed by atoms with Crippen LogP contribution in [-0.4, -0.2) is 32.2 Å². The van der Waals surface area contributed by atoms with Gasteiger partial charge in [-0.05, 0) is 29.8 Å². The Labute approximate surface area is 171 Å². The number of thiophene rings is 1. The Bertz CT molecular complexity index is 987. The molecule has 1 fully saturated rings. The van der Waals surface area contributed by atoms with E-state index >= 15 is 0 Å². The first-order valence-corrected chi connectivity index (χ1v) is 10.1. The largest absolute Gasteiger partial charge is 0.378 e. The van der Waals surface area contributed by atoms with Crippen molar-refractivity contribution in [3.63, 3.8) is 0 Å². The third-order valence-corrected chi connectivity index (χ3v) is 5.98. The van der Waals surface area contributed by atoms with Crippen LogP contribution in [0.3, 0.4) is 0 Å². The summed E-state index contributed by atoms with van der Waals surface area (Å²) in [6.07, 6.45) is 0. The molecule has 0 spiro atoms. The third kappa shape index (κ3) is 4.04. The molecule has 4 rings (SSSR count). The van der Waals surface area contributed by atoms with Crippen LogP contribution in [0.5, 0.6) is 0 Å². The number of anilines is 2. The van der Waals surface area contributed by atoms with Crippen LogP contribution in [0.25, 0.3) is 11.1 Å². The zero-order valence-corrected chi connectivity index (χ0v) is 16.5. The van der Waals surface area contributed by atoms with Crippen molar-refractivity contribution in [1.82, 2.24) is 0 Å². The van der Waals surface area contributed by atoms with Gasteiger partial charge in [-0.2, -0.15) is 0 Å². The molecule has 1 N–H and O–H groups in total. The summed E-state index contributed by atoms with van der Waals surface area (Å²) >= 11 is 7.26. The maximum atomic E-state index is 13.4. The second-order valence-electron chi connectivity index (χ2n) is 6.38. The molecule has 0 radical (unpaired) electrons. The van der Waals surface area contributed by atoms with Gasteiger partial charge in [0.2, 0.25) is 0 Å². The Morgan fingerprint density at radius 2 is 1.86 bits per heavy atom. The van der Waals surface area contributed by atoms with E-state index in [1.807, 2.05) is 36.4 Å². The molecule has 28 heavy (non-hydrogen) atoms. The van der Waals surface area contributed by atoms with Crippen LogP contribution < -0.4 is 10.2 Å². The van der Waals surface area contributed by atoms with Gasteiger partial charge in [-0.15, -0.1) is 11.3 Å². The Hall–Kier alpha value is -2.41. The summed E-state index contributed by atoms with van der Waals surface area (Å²) in [4.78, 5) is 15.6. The van der Waals surface area contributed by atoms with Gasteiger partial charge in [-0.1, -0.05) is 41.9 Å². The van der Waals surface area contributed by atoms with E-state index in [4.69, 9.17) is 16.3 Å². The number of nitrogens with zero attached hydrogens (tertiary/aromatic N) is 1. The molecule has 1 aliphatic heterocycles. The van der Waals surface area contributed by atoms with Gasteiger partial charge in [0.05, 0.1) is 28.1 Å². The van der Waals surface area contributed by atoms with E-state index in [0.29, 0.717) is 23.8 Å². The lowest BCUT2D eigenvalue weighted by Gasteiger charge is -2.28. The predicted octanol–water partition coefficient (Wildman–Crippen LogP) is 5.30. The van der Waals surface area contributed by atoms with E-state index in [9.17, 15) is 9.18 Å². The Morgan fingerprint density at radius 3 is 2.57 bits per heavy atom. The number of morpholine rings is 1. The molecule has 0 bridgehead atoms. The normalized spacial score (nSPS) is 14.1. The summed E-state index contributed by atoms with van der Waals surface area (Å²) in [6, 6.07) is 16.0. The van der Waals surface area contributed by atoms with Gasteiger partial charge in [0, 0.05) is 24.3 Å². The lowest BCUT2D eigenvalue weighted by atomic mass is 10.1. The molecule has 3 aromatic rings. The number of amides is 1. The Balaban J connectivity index is 1.66. The minimum absolute atomic E-state index is 0.0250. The lowest BCUT2D eigenvalue weighted by molar-refractivity contribution is 0.103. The number of carbonyl (C=O) groups excluding carboxylic acids is 1. The summed E-state index contributed by atoms with van der Waals surface area (Å²) in [5, 5.41) is 3.83. The summed E-state index contributed by atoms with van der Waals surface area (Å²) in [7, 11) is 0. The maximum absolute atomic E-state index is 13.4. The summed E-state index contributed by atoms with van der Waals surface area (Å²) in [5.74, 6) is -0.763. The first kappa shape index (κ1) is 18.9. The molecule has 2 heterocycles. The number of halogens is 2. The predicted molar refractivity (Wildman–Crippen MR) is 112 cm³/mol. The highest BCUT2D eigenvalue weighted by Crippen LogP contribution is 2.39. The van der Waals surface area contributed by atoms with E-state index in [2.05, 4.69) is 10.2 Å². The van der Waals surface area contributed by atoms with Crippen molar-refractivity contribution < 1.29 is 13.9 Å². The van der Waals surface area contributed by atoms with E-state index in [-0.39, 0.29) is 10.9 Å². The number of nitrogens with one attached hydrogen (secondary N) is 1. The Kier molecular flexibility index (Phi) is 5.62. The van der Waals surface area contributed by atoms with Gasteiger partial charge in [0.15, 0.2) is 0 Å². The van der Waals surface area contributed by atoms with Gasteiger partial charge in [-0.25, -0.2) is 4.39 Å². The molecular weight excluding hydrogens is 399 g/mol. The number of rotatable bonds is 4. The molecular formula is C21H18ClFN2O2S. The molecule has 1 amide bonds. The first-order chi connectivity index (χ1) is 13.6. The van der Waals surface area contributed by atoms with Crippen LogP contribution in [-0.2, 0) is 4.74 Å². The highest BCUT2D eigenvalue weighted by molar-refractivity contribution is 7.18. The molecule has 0 unspecified atom stereocenters. The van der Waals surface area contributed by atoms with Gasteiger partial charge < -0.3 is 15.0 Å². The van der Waals surface area contributed by atoms with Gasteiger partial charge in [0.25, 0.3) is 5.91 Å². The fourth-order valence-electron chi connectivity index (χ4n) is 3.09. The topological polar surface area (TPSA) is 41.6 Å². The van der Waals surface area contributed by atoms with Crippen molar-refractivity contribution in [2.24, 2.45) is 0 Å². The van der Waals surface area contributed by atoms with Crippen molar-refractivity contribution in [3.05, 3.63) is 70.3 Å². The highest BCUT2D eigenvalue weighted by atomic mass is 35.5. The molecule has 144 valence electrons. The fraction of sp³-hybridized carbons (Fsp3) is 0.190. The second kappa shape index (κ2) is 8.31. The number of ether oxygens (including phenoxy) is 1.